The third kappa shape index (κ3) is 5.89. The van der Waals surface area contributed by atoms with Crippen LogP contribution in [0.4, 0.5) is 10.5 Å². The maximum atomic E-state index is 13.4. The first-order chi connectivity index (χ1) is 18.4. The molecule has 3 aromatic rings. The number of carbonyl (C=O) groups excluding carboxylic acids is 3. The molecule has 3 amide bonds. The summed E-state index contributed by atoms with van der Waals surface area (Å²) in [6.07, 6.45) is 1.66. The van der Waals surface area contributed by atoms with Crippen LogP contribution in [0.3, 0.4) is 0 Å². The van der Waals surface area contributed by atoms with Crippen LogP contribution in [-0.4, -0.2) is 36.0 Å². The molecule has 0 aliphatic carbocycles. The van der Waals surface area contributed by atoms with E-state index >= 15 is 0 Å². The number of esters is 1. The van der Waals surface area contributed by atoms with Crippen LogP contribution in [0.25, 0.3) is 5.70 Å². The van der Waals surface area contributed by atoms with Gasteiger partial charge in [-0.05, 0) is 48.7 Å². The molecule has 1 atom stereocenters. The lowest BCUT2D eigenvalue weighted by Crippen LogP contribution is -2.48. The van der Waals surface area contributed by atoms with Gasteiger partial charge in [-0.25, -0.2) is 9.59 Å². The number of anilines is 1. The van der Waals surface area contributed by atoms with Gasteiger partial charge in [0.05, 0.1) is 34.5 Å². The van der Waals surface area contributed by atoms with Crippen LogP contribution in [0.15, 0.2) is 84.4 Å². The standard InChI is InChI=1S/C30H30ClN3O4/c1-3-5-18-34-27(20-12-7-6-8-13-20)25(29(36)38-4-2)26(33-30(34)37)21-14-11-15-22(19-21)32-28(35)23-16-9-10-17-24(23)31/h6-17,19,26H,3-5,18H2,1-2H3,(H,32,35)(H,33,37)/t26-/m0/s1. The minimum Gasteiger partial charge on any atom is -0.463 e. The molecule has 0 fully saturated rings. The van der Waals surface area contributed by atoms with Crippen molar-refractivity contribution in [3.8, 4) is 0 Å². The van der Waals surface area contributed by atoms with Gasteiger partial charge < -0.3 is 15.4 Å². The second-order valence-electron chi connectivity index (χ2n) is 8.80. The fourth-order valence-electron chi connectivity index (χ4n) is 4.41. The molecule has 0 unspecified atom stereocenters. The Bertz CT molecular complexity index is 1360. The summed E-state index contributed by atoms with van der Waals surface area (Å²) in [4.78, 5) is 41.3. The molecule has 1 heterocycles. The molecule has 3 aromatic carbocycles. The van der Waals surface area contributed by atoms with Crippen LogP contribution in [0, 0.1) is 0 Å². The van der Waals surface area contributed by atoms with E-state index in [0.29, 0.717) is 39.7 Å². The Morgan fingerprint density at radius 1 is 1.00 bits per heavy atom. The zero-order valence-electron chi connectivity index (χ0n) is 21.4. The summed E-state index contributed by atoms with van der Waals surface area (Å²) in [6.45, 7) is 4.44. The first-order valence-electron chi connectivity index (χ1n) is 12.6. The summed E-state index contributed by atoms with van der Waals surface area (Å²) in [5, 5.41) is 6.20. The maximum absolute atomic E-state index is 13.4. The average molecular weight is 532 g/mol. The first kappa shape index (κ1) is 26.9. The summed E-state index contributed by atoms with van der Waals surface area (Å²) in [6, 6.07) is 22.1. The number of carbonyl (C=O) groups is 3. The van der Waals surface area contributed by atoms with E-state index < -0.39 is 12.0 Å². The molecule has 4 rings (SSSR count). The topological polar surface area (TPSA) is 87.7 Å². The third-order valence-corrected chi connectivity index (χ3v) is 6.53. The molecule has 7 nitrogen and oxygen atoms in total. The molecular formula is C30H30ClN3O4. The Morgan fingerprint density at radius 2 is 1.74 bits per heavy atom. The largest absolute Gasteiger partial charge is 0.463 e. The van der Waals surface area contributed by atoms with Gasteiger partial charge in [0.25, 0.3) is 5.91 Å². The molecule has 0 saturated carbocycles. The Kier molecular flexibility index (Phi) is 8.81. The van der Waals surface area contributed by atoms with Crippen LogP contribution in [0.1, 0.15) is 54.2 Å². The molecule has 196 valence electrons. The Labute approximate surface area is 227 Å². The normalized spacial score (nSPS) is 15.2. The van der Waals surface area contributed by atoms with E-state index in [0.717, 1.165) is 18.4 Å². The second-order valence-corrected chi connectivity index (χ2v) is 9.20. The molecule has 0 saturated heterocycles. The zero-order chi connectivity index (χ0) is 27.1. The number of urea groups is 1. The van der Waals surface area contributed by atoms with Gasteiger partial charge in [-0.3, -0.25) is 9.69 Å². The van der Waals surface area contributed by atoms with Crippen molar-refractivity contribution in [2.75, 3.05) is 18.5 Å². The van der Waals surface area contributed by atoms with Crippen molar-refractivity contribution in [1.82, 2.24) is 10.2 Å². The summed E-state index contributed by atoms with van der Waals surface area (Å²) < 4.78 is 5.48. The van der Waals surface area contributed by atoms with Crippen LogP contribution >= 0.6 is 11.6 Å². The van der Waals surface area contributed by atoms with E-state index in [2.05, 4.69) is 10.6 Å². The highest BCUT2D eigenvalue weighted by atomic mass is 35.5. The number of hydrogen-bond donors (Lipinski definition) is 2. The fraction of sp³-hybridized carbons (Fsp3) is 0.233. The Hall–Kier alpha value is -4.10. The SMILES string of the molecule is CCCCN1C(=O)N[C@@H](c2cccc(NC(=O)c3ccccc3Cl)c2)C(C(=O)OCC)=C1c1ccccc1. The number of ether oxygens (including phenoxy) is 1. The summed E-state index contributed by atoms with van der Waals surface area (Å²) in [5.74, 6) is -0.874. The van der Waals surface area contributed by atoms with Crippen LogP contribution in [-0.2, 0) is 9.53 Å². The molecule has 0 radical (unpaired) electrons. The summed E-state index contributed by atoms with van der Waals surface area (Å²) in [5.41, 5.74) is 3.08. The van der Waals surface area contributed by atoms with Gasteiger partial charge in [0.15, 0.2) is 0 Å². The molecule has 1 aliphatic heterocycles. The lowest BCUT2D eigenvalue weighted by Gasteiger charge is -2.37. The monoisotopic (exact) mass is 531 g/mol. The fourth-order valence-corrected chi connectivity index (χ4v) is 4.63. The number of halogens is 1. The number of nitrogens with one attached hydrogen (secondary N) is 2. The summed E-state index contributed by atoms with van der Waals surface area (Å²) in [7, 11) is 0. The number of nitrogens with zero attached hydrogens (tertiary/aromatic N) is 1. The molecule has 0 bridgehead atoms. The van der Waals surface area contributed by atoms with E-state index in [1.54, 1.807) is 60.4 Å². The smallest absolute Gasteiger partial charge is 0.338 e. The van der Waals surface area contributed by atoms with Gasteiger partial charge in [-0.1, -0.05) is 79.5 Å². The van der Waals surface area contributed by atoms with Crippen molar-refractivity contribution in [1.29, 1.82) is 0 Å². The van der Waals surface area contributed by atoms with Gasteiger partial charge in [0.2, 0.25) is 0 Å². The highest BCUT2D eigenvalue weighted by Gasteiger charge is 2.38. The predicted octanol–water partition coefficient (Wildman–Crippen LogP) is 6.43. The van der Waals surface area contributed by atoms with Gasteiger partial charge in [0.1, 0.15) is 0 Å². The maximum Gasteiger partial charge on any atom is 0.338 e. The minimum atomic E-state index is -0.785. The molecule has 0 aromatic heterocycles. The molecule has 1 aliphatic rings. The van der Waals surface area contributed by atoms with Crippen molar-refractivity contribution < 1.29 is 19.1 Å². The second kappa shape index (κ2) is 12.4. The van der Waals surface area contributed by atoms with E-state index in [-0.39, 0.29) is 18.5 Å². The van der Waals surface area contributed by atoms with E-state index in [4.69, 9.17) is 16.3 Å². The average Bonchev–Trinajstić information content (AvgIpc) is 2.92. The van der Waals surface area contributed by atoms with E-state index in [1.165, 1.54) is 0 Å². The Balaban J connectivity index is 1.79. The number of benzene rings is 3. The zero-order valence-corrected chi connectivity index (χ0v) is 22.1. The van der Waals surface area contributed by atoms with Crippen molar-refractivity contribution >= 4 is 40.9 Å². The number of hydrogen-bond acceptors (Lipinski definition) is 4. The van der Waals surface area contributed by atoms with Crippen molar-refractivity contribution in [3.63, 3.8) is 0 Å². The molecule has 2 N–H and O–H groups in total. The first-order valence-corrected chi connectivity index (χ1v) is 13.0. The molecular weight excluding hydrogens is 502 g/mol. The summed E-state index contributed by atoms with van der Waals surface area (Å²) >= 11 is 6.19. The van der Waals surface area contributed by atoms with Gasteiger partial charge in [-0.2, -0.15) is 0 Å². The van der Waals surface area contributed by atoms with Crippen molar-refractivity contribution in [2.24, 2.45) is 0 Å². The van der Waals surface area contributed by atoms with Gasteiger partial charge in [0, 0.05) is 12.2 Å². The number of rotatable bonds is 9. The van der Waals surface area contributed by atoms with Crippen LogP contribution in [0.2, 0.25) is 5.02 Å². The van der Waals surface area contributed by atoms with Gasteiger partial charge >= 0.3 is 12.0 Å². The molecule has 8 heteroatoms. The van der Waals surface area contributed by atoms with Crippen LogP contribution in [0.5, 0.6) is 0 Å². The van der Waals surface area contributed by atoms with E-state index in [1.807, 2.05) is 37.3 Å². The predicted molar refractivity (Wildman–Crippen MR) is 149 cm³/mol. The number of unbranched alkanes of at least 4 members (excludes halogenated alkanes) is 1. The molecule has 0 spiro atoms. The van der Waals surface area contributed by atoms with E-state index in [9.17, 15) is 14.4 Å². The minimum absolute atomic E-state index is 0.188. The Morgan fingerprint density at radius 3 is 2.45 bits per heavy atom. The molecule has 38 heavy (non-hydrogen) atoms. The number of amides is 3. The third-order valence-electron chi connectivity index (χ3n) is 6.20. The lowest BCUT2D eigenvalue weighted by molar-refractivity contribution is -0.138. The van der Waals surface area contributed by atoms with Crippen molar-refractivity contribution in [2.45, 2.75) is 32.7 Å². The lowest BCUT2D eigenvalue weighted by atomic mass is 9.91. The highest BCUT2D eigenvalue weighted by molar-refractivity contribution is 6.34. The van der Waals surface area contributed by atoms with Crippen molar-refractivity contribution in [3.05, 3.63) is 106 Å². The highest BCUT2D eigenvalue weighted by Crippen LogP contribution is 2.37. The van der Waals surface area contributed by atoms with Gasteiger partial charge in [-0.15, -0.1) is 0 Å². The quantitative estimate of drug-likeness (QED) is 0.311. The van der Waals surface area contributed by atoms with Crippen LogP contribution < -0.4 is 10.6 Å².